The first kappa shape index (κ1) is 30.0. The Morgan fingerprint density at radius 1 is 0.358 bits per heavy atom. The topological polar surface area (TPSA) is 9.86 Å². The van der Waals surface area contributed by atoms with Crippen molar-refractivity contribution in [3.8, 4) is 44.8 Å². The fourth-order valence-corrected chi connectivity index (χ4v) is 9.19. The highest BCUT2D eigenvalue weighted by Crippen LogP contribution is 2.49. The Kier molecular flexibility index (Phi) is 6.33. The maximum Gasteiger partial charge on any atom is 0.0641 e. The van der Waals surface area contributed by atoms with Crippen molar-refractivity contribution < 1.29 is 0 Å². The van der Waals surface area contributed by atoms with E-state index in [0.717, 1.165) is 11.4 Å². The van der Waals surface area contributed by atoms with Gasteiger partial charge in [-0.25, -0.2) is 0 Å². The van der Waals surface area contributed by atoms with E-state index in [1.165, 1.54) is 88.1 Å². The first-order chi connectivity index (χ1) is 26.1. The third kappa shape index (κ3) is 4.33. The van der Waals surface area contributed by atoms with E-state index in [9.17, 15) is 0 Å². The molecule has 2 heteroatoms. The average Bonchev–Trinajstić information content (AvgIpc) is 3.81. The quantitative estimate of drug-likeness (QED) is 0.176. The van der Waals surface area contributed by atoms with Crippen LogP contribution in [-0.4, -0.2) is 9.13 Å². The van der Waals surface area contributed by atoms with Gasteiger partial charge in [-0.2, -0.15) is 0 Å². The maximum atomic E-state index is 2.48. The van der Waals surface area contributed by atoms with Gasteiger partial charge in [-0.1, -0.05) is 147 Å². The van der Waals surface area contributed by atoms with Gasteiger partial charge in [-0.3, -0.25) is 0 Å². The Morgan fingerprint density at radius 2 is 0.906 bits per heavy atom. The summed E-state index contributed by atoms with van der Waals surface area (Å²) in [4.78, 5) is 0. The van der Waals surface area contributed by atoms with Crippen LogP contribution < -0.4 is 0 Å². The van der Waals surface area contributed by atoms with Gasteiger partial charge in [0.25, 0.3) is 0 Å². The zero-order valence-electron chi connectivity index (χ0n) is 29.7. The van der Waals surface area contributed by atoms with Crippen LogP contribution in [0, 0.1) is 0 Å². The van der Waals surface area contributed by atoms with Crippen LogP contribution in [0.5, 0.6) is 0 Å². The number of fused-ring (bicyclic) bond motifs is 10. The van der Waals surface area contributed by atoms with Gasteiger partial charge >= 0.3 is 0 Å². The van der Waals surface area contributed by atoms with Gasteiger partial charge in [0.05, 0.1) is 22.1 Å². The van der Waals surface area contributed by atoms with Crippen LogP contribution in [0.3, 0.4) is 0 Å². The number of hydrogen-bond acceptors (Lipinski definition) is 0. The Hall–Kier alpha value is -6.64. The van der Waals surface area contributed by atoms with Crippen LogP contribution in [0.2, 0.25) is 0 Å². The molecule has 0 saturated carbocycles. The molecule has 1 aliphatic rings. The van der Waals surface area contributed by atoms with Crippen molar-refractivity contribution in [2.75, 3.05) is 0 Å². The maximum absolute atomic E-state index is 2.48. The van der Waals surface area contributed by atoms with Crippen molar-refractivity contribution >= 4 is 43.6 Å². The van der Waals surface area contributed by atoms with Crippen LogP contribution in [0.15, 0.2) is 182 Å². The molecule has 0 amide bonds. The van der Waals surface area contributed by atoms with Crippen molar-refractivity contribution in [3.63, 3.8) is 0 Å². The molecule has 2 nitrogen and oxygen atoms in total. The zero-order valence-corrected chi connectivity index (χ0v) is 29.7. The van der Waals surface area contributed by atoms with Crippen LogP contribution in [0.25, 0.3) is 88.4 Å². The van der Waals surface area contributed by atoms with E-state index in [1.54, 1.807) is 0 Å². The third-order valence-corrected chi connectivity index (χ3v) is 11.7. The largest absolute Gasteiger partial charge is 0.309 e. The summed E-state index contributed by atoms with van der Waals surface area (Å²) in [7, 11) is 0. The molecule has 0 unspecified atom stereocenters. The number of benzene rings is 8. The van der Waals surface area contributed by atoms with E-state index in [1.807, 2.05) is 0 Å². The Labute approximate surface area is 308 Å². The number of hydrogen-bond donors (Lipinski definition) is 0. The van der Waals surface area contributed by atoms with Gasteiger partial charge < -0.3 is 9.13 Å². The van der Waals surface area contributed by atoms with Crippen molar-refractivity contribution in [3.05, 3.63) is 193 Å². The molecular formula is C51H36N2. The lowest BCUT2D eigenvalue weighted by atomic mass is 9.82. The summed E-state index contributed by atoms with van der Waals surface area (Å²) in [5, 5.41) is 5.05. The second-order valence-corrected chi connectivity index (χ2v) is 15.0. The van der Waals surface area contributed by atoms with Gasteiger partial charge in [0.1, 0.15) is 0 Å². The monoisotopic (exact) mass is 676 g/mol. The van der Waals surface area contributed by atoms with Crippen molar-refractivity contribution in [2.24, 2.45) is 0 Å². The Morgan fingerprint density at radius 3 is 1.66 bits per heavy atom. The predicted molar refractivity (Wildman–Crippen MR) is 224 cm³/mol. The molecular weight excluding hydrogens is 641 g/mol. The molecule has 0 spiro atoms. The molecule has 0 N–H and O–H groups in total. The fourth-order valence-electron chi connectivity index (χ4n) is 9.19. The molecule has 0 saturated heterocycles. The van der Waals surface area contributed by atoms with E-state index < -0.39 is 0 Å². The van der Waals surface area contributed by atoms with E-state index >= 15 is 0 Å². The highest BCUT2D eigenvalue weighted by atomic mass is 15.0. The zero-order chi connectivity index (χ0) is 35.3. The SMILES string of the molecule is CC1(C)c2ccccc2-c2cc(-c3ccc(-n4c5ccccc5c5ccc6c(c7ccccc7n6-c6ccc(-c7ccccc7)cc6)c54)cc3)ccc21. The molecule has 0 aliphatic heterocycles. The van der Waals surface area contributed by atoms with Gasteiger partial charge in [0, 0.05) is 38.3 Å². The molecule has 11 rings (SSSR count). The first-order valence-corrected chi connectivity index (χ1v) is 18.5. The molecule has 10 aromatic rings. The molecule has 0 fully saturated rings. The normalized spacial score (nSPS) is 13.2. The van der Waals surface area contributed by atoms with Crippen molar-refractivity contribution in [1.82, 2.24) is 9.13 Å². The first-order valence-electron chi connectivity index (χ1n) is 18.5. The minimum absolute atomic E-state index is 0.00488. The summed E-state index contributed by atoms with van der Waals surface area (Å²) < 4.78 is 4.91. The standard InChI is InChI=1S/C51H36N2/c1-51(2)44-17-9-6-14-39(44)43-32-36(24-30-45(43)51)35-22-27-38(28-23-35)53-46-18-10-7-15-40(46)41-29-31-48-49(50(41)53)42-16-8-11-19-47(42)52(48)37-25-20-34(21-26-37)33-12-4-3-5-13-33/h3-32H,1-2H3. The number of para-hydroxylation sites is 2. The summed E-state index contributed by atoms with van der Waals surface area (Å²) in [6.45, 7) is 4.68. The van der Waals surface area contributed by atoms with Crippen LogP contribution in [-0.2, 0) is 5.41 Å². The molecule has 8 aromatic carbocycles. The van der Waals surface area contributed by atoms with Crippen LogP contribution >= 0.6 is 0 Å². The fraction of sp³-hybridized carbons (Fsp3) is 0.0588. The Balaban J connectivity index is 1.09. The second kappa shape index (κ2) is 11.2. The lowest BCUT2D eigenvalue weighted by Gasteiger charge is -2.21. The minimum Gasteiger partial charge on any atom is -0.309 e. The van der Waals surface area contributed by atoms with E-state index in [2.05, 4.69) is 205 Å². The molecule has 0 bridgehead atoms. The molecule has 0 radical (unpaired) electrons. The molecule has 2 heterocycles. The second-order valence-electron chi connectivity index (χ2n) is 15.0. The van der Waals surface area contributed by atoms with E-state index in [-0.39, 0.29) is 5.41 Å². The minimum atomic E-state index is 0.00488. The number of nitrogens with zero attached hydrogens (tertiary/aromatic N) is 2. The molecule has 2 aromatic heterocycles. The van der Waals surface area contributed by atoms with Crippen LogP contribution in [0.1, 0.15) is 25.0 Å². The summed E-state index contributed by atoms with van der Waals surface area (Å²) >= 11 is 0. The highest BCUT2D eigenvalue weighted by Gasteiger charge is 2.35. The molecule has 0 atom stereocenters. The average molecular weight is 677 g/mol. The number of rotatable bonds is 4. The molecule has 53 heavy (non-hydrogen) atoms. The summed E-state index contributed by atoms with van der Waals surface area (Å²) in [6, 6.07) is 67.0. The summed E-state index contributed by atoms with van der Waals surface area (Å²) in [5.74, 6) is 0. The van der Waals surface area contributed by atoms with Gasteiger partial charge in [0.15, 0.2) is 0 Å². The lowest BCUT2D eigenvalue weighted by molar-refractivity contribution is 0.660. The smallest absolute Gasteiger partial charge is 0.0641 e. The summed E-state index contributed by atoms with van der Waals surface area (Å²) in [6.07, 6.45) is 0. The predicted octanol–water partition coefficient (Wildman–Crippen LogP) is 13.5. The van der Waals surface area contributed by atoms with E-state index in [0.29, 0.717) is 0 Å². The highest BCUT2D eigenvalue weighted by molar-refractivity contribution is 6.26. The number of aromatic nitrogens is 2. The van der Waals surface area contributed by atoms with Crippen LogP contribution in [0.4, 0.5) is 0 Å². The lowest BCUT2D eigenvalue weighted by Crippen LogP contribution is -2.14. The Bertz CT molecular complexity index is 3050. The summed E-state index contributed by atoms with van der Waals surface area (Å²) in [5.41, 5.74) is 17.6. The van der Waals surface area contributed by atoms with Gasteiger partial charge in [-0.15, -0.1) is 0 Å². The van der Waals surface area contributed by atoms with Crippen molar-refractivity contribution in [2.45, 2.75) is 19.3 Å². The van der Waals surface area contributed by atoms with Gasteiger partial charge in [0.2, 0.25) is 0 Å². The van der Waals surface area contributed by atoms with Crippen molar-refractivity contribution in [1.29, 1.82) is 0 Å². The third-order valence-electron chi connectivity index (χ3n) is 11.7. The van der Waals surface area contributed by atoms with E-state index in [4.69, 9.17) is 0 Å². The van der Waals surface area contributed by atoms with Gasteiger partial charge in [-0.05, 0) is 93.0 Å². The molecule has 250 valence electrons. The molecule has 1 aliphatic carbocycles.